The summed E-state index contributed by atoms with van der Waals surface area (Å²) in [4.78, 5) is 12.1. The molecule has 0 spiro atoms. The van der Waals surface area contributed by atoms with Crippen LogP contribution < -0.4 is 5.43 Å². The van der Waals surface area contributed by atoms with Gasteiger partial charge in [0, 0.05) is 10.7 Å². The SMILES string of the molecule is O=C(NN=Cc1cccc(O)c1)c1ccn(Cc2cccc(Br)c2)n1. The van der Waals surface area contributed by atoms with E-state index in [4.69, 9.17) is 0 Å². The Balaban J connectivity index is 1.60. The number of hydrogen-bond acceptors (Lipinski definition) is 4. The number of benzene rings is 2. The van der Waals surface area contributed by atoms with E-state index in [9.17, 15) is 9.90 Å². The molecular formula is C18H15BrN4O2. The summed E-state index contributed by atoms with van der Waals surface area (Å²) in [6.45, 7) is 0.569. The third kappa shape index (κ3) is 4.77. The van der Waals surface area contributed by atoms with E-state index in [2.05, 4.69) is 31.6 Å². The fraction of sp³-hybridized carbons (Fsp3) is 0.0556. The summed E-state index contributed by atoms with van der Waals surface area (Å²) < 4.78 is 2.69. The Morgan fingerprint density at radius 3 is 2.88 bits per heavy atom. The molecule has 0 saturated heterocycles. The summed E-state index contributed by atoms with van der Waals surface area (Å²) in [5, 5.41) is 17.5. The lowest BCUT2D eigenvalue weighted by Crippen LogP contribution is -2.18. The highest BCUT2D eigenvalue weighted by molar-refractivity contribution is 9.10. The van der Waals surface area contributed by atoms with Gasteiger partial charge in [-0.1, -0.05) is 40.2 Å². The third-order valence-corrected chi connectivity index (χ3v) is 3.85. The van der Waals surface area contributed by atoms with Gasteiger partial charge in [0.1, 0.15) is 5.75 Å². The predicted molar refractivity (Wildman–Crippen MR) is 98.6 cm³/mol. The van der Waals surface area contributed by atoms with Crippen LogP contribution in [0.25, 0.3) is 0 Å². The van der Waals surface area contributed by atoms with E-state index in [1.54, 1.807) is 41.2 Å². The second-order valence-electron chi connectivity index (χ2n) is 5.32. The number of halogens is 1. The second kappa shape index (κ2) is 7.76. The normalized spacial score (nSPS) is 10.9. The average Bonchev–Trinajstić information content (AvgIpc) is 3.03. The molecule has 126 valence electrons. The van der Waals surface area contributed by atoms with Gasteiger partial charge in [-0.15, -0.1) is 0 Å². The zero-order valence-corrected chi connectivity index (χ0v) is 14.7. The summed E-state index contributed by atoms with van der Waals surface area (Å²) in [5.74, 6) is -0.258. The van der Waals surface area contributed by atoms with Crippen LogP contribution in [0.2, 0.25) is 0 Å². The summed E-state index contributed by atoms with van der Waals surface area (Å²) in [6.07, 6.45) is 3.20. The first-order chi connectivity index (χ1) is 12.1. The lowest BCUT2D eigenvalue weighted by atomic mass is 10.2. The highest BCUT2D eigenvalue weighted by atomic mass is 79.9. The third-order valence-electron chi connectivity index (χ3n) is 3.36. The number of aromatic nitrogens is 2. The summed E-state index contributed by atoms with van der Waals surface area (Å²) in [7, 11) is 0. The van der Waals surface area contributed by atoms with Crippen molar-refractivity contribution in [1.82, 2.24) is 15.2 Å². The maximum Gasteiger partial charge on any atom is 0.291 e. The number of carbonyl (C=O) groups is 1. The lowest BCUT2D eigenvalue weighted by Gasteiger charge is -2.02. The van der Waals surface area contributed by atoms with Gasteiger partial charge in [-0.3, -0.25) is 9.48 Å². The van der Waals surface area contributed by atoms with Crippen molar-refractivity contribution >= 4 is 28.1 Å². The molecule has 0 radical (unpaired) electrons. The van der Waals surface area contributed by atoms with Crippen LogP contribution in [0.15, 0.2) is 70.4 Å². The highest BCUT2D eigenvalue weighted by Gasteiger charge is 2.08. The van der Waals surface area contributed by atoms with E-state index in [-0.39, 0.29) is 11.4 Å². The van der Waals surface area contributed by atoms with Crippen LogP contribution in [-0.4, -0.2) is 27.0 Å². The number of hydrogen-bond donors (Lipinski definition) is 2. The molecule has 0 aliphatic heterocycles. The predicted octanol–water partition coefficient (Wildman–Crippen LogP) is 3.16. The van der Waals surface area contributed by atoms with Gasteiger partial charge in [0.05, 0.1) is 12.8 Å². The average molecular weight is 399 g/mol. The van der Waals surface area contributed by atoms with E-state index < -0.39 is 5.91 Å². The van der Waals surface area contributed by atoms with Gasteiger partial charge in [-0.05, 0) is 41.5 Å². The molecule has 0 atom stereocenters. The van der Waals surface area contributed by atoms with Crippen molar-refractivity contribution in [3.8, 4) is 5.75 Å². The minimum atomic E-state index is -0.399. The zero-order valence-electron chi connectivity index (χ0n) is 13.1. The van der Waals surface area contributed by atoms with Crippen molar-refractivity contribution < 1.29 is 9.90 Å². The van der Waals surface area contributed by atoms with Crippen LogP contribution in [0, 0.1) is 0 Å². The number of hydrazone groups is 1. The molecular weight excluding hydrogens is 384 g/mol. The van der Waals surface area contributed by atoms with Crippen LogP contribution in [-0.2, 0) is 6.54 Å². The molecule has 0 unspecified atom stereocenters. The standard InChI is InChI=1S/C18H15BrN4O2/c19-15-5-1-4-14(9-15)12-23-8-7-17(22-23)18(25)21-20-11-13-3-2-6-16(24)10-13/h1-11,24H,12H2,(H,21,25). The van der Waals surface area contributed by atoms with E-state index >= 15 is 0 Å². The van der Waals surface area contributed by atoms with Crippen LogP contribution in [0.4, 0.5) is 0 Å². The summed E-state index contributed by atoms with van der Waals surface area (Å²) in [6, 6.07) is 16.1. The minimum Gasteiger partial charge on any atom is -0.508 e. The van der Waals surface area contributed by atoms with Crippen molar-refractivity contribution in [3.05, 3.63) is 82.1 Å². The summed E-state index contributed by atoms with van der Waals surface area (Å²) >= 11 is 3.43. The van der Waals surface area contributed by atoms with Gasteiger partial charge in [0.2, 0.25) is 0 Å². The topological polar surface area (TPSA) is 79.5 Å². The smallest absolute Gasteiger partial charge is 0.291 e. The van der Waals surface area contributed by atoms with Crippen LogP contribution in [0.5, 0.6) is 5.75 Å². The highest BCUT2D eigenvalue weighted by Crippen LogP contribution is 2.12. The van der Waals surface area contributed by atoms with Crippen LogP contribution >= 0.6 is 15.9 Å². The number of nitrogens with one attached hydrogen (secondary N) is 1. The maximum atomic E-state index is 12.1. The molecule has 1 heterocycles. The van der Waals surface area contributed by atoms with E-state index in [1.807, 2.05) is 24.3 Å². The van der Waals surface area contributed by atoms with Crippen molar-refractivity contribution in [2.24, 2.45) is 5.10 Å². The van der Waals surface area contributed by atoms with Crippen molar-refractivity contribution in [1.29, 1.82) is 0 Å². The van der Waals surface area contributed by atoms with Gasteiger partial charge in [-0.25, -0.2) is 5.43 Å². The first-order valence-corrected chi connectivity index (χ1v) is 8.30. The molecule has 3 rings (SSSR count). The van der Waals surface area contributed by atoms with Gasteiger partial charge in [-0.2, -0.15) is 10.2 Å². The Bertz CT molecular complexity index is 921. The van der Waals surface area contributed by atoms with Crippen LogP contribution in [0.1, 0.15) is 21.6 Å². The number of nitrogens with zero attached hydrogens (tertiary/aromatic N) is 3. The summed E-state index contributed by atoms with van der Waals surface area (Å²) in [5.41, 5.74) is 4.46. The number of carbonyl (C=O) groups excluding carboxylic acids is 1. The minimum absolute atomic E-state index is 0.140. The van der Waals surface area contributed by atoms with Gasteiger partial charge < -0.3 is 5.11 Å². The van der Waals surface area contributed by atoms with Gasteiger partial charge in [0.25, 0.3) is 5.91 Å². The van der Waals surface area contributed by atoms with Crippen molar-refractivity contribution in [2.45, 2.75) is 6.54 Å². The fourth-order valence-corrected chi connectivity index (χ4v) is 2.67. The molecule has 0 aliphatic carbocycles. The molecule has 0 fully saturated rings. The second-order valence-corrected chi connectivity index (χ2v) is 6.24. The molecule has 2 aromatic carbocycles. The maximum absolute atomic E-state index is 12.1. The van der Waals surface area contributed by atoms with E-state index in [0.717, 1.165) is 10.0 Å². The lowest BCUT2D eigenvalue weighted by molar-refractivity contribution is 0.0949. The zero-order chi connectivity index (χ0) is 17.6. The molecule has 25 heavy (non-hydrogen) atoms. The first-order valence-electron chi connectivity index (χ1n) is 7.50. The monoisotopic (exact) mass is 398 g/mol. The van der Waals surface area contributed by atoms with E-state index in [0.29, 0.717) is 12.1 Å². The Labute approximate surface area is 152 Å². The first kappa shape index (κ1) is 16.9. The molecule has 0 aliphatic rings. The number of rotatable bonds is 5. The molecule has 1 aromatic heterocycles. The number of phenolic OH excluding ortho intramolecular Hbond substituents is 1. The molecule has 2 N–H and O–H groups in total. The van der Waals surface area contributed by atoms with Crippen molar-refractivity contribution in [2.75, 3.05) is 0 Å². The Kier molecular flexibility index (Phi) is 5.25. The molecule has 0 saturated carbocycles. The Morgan fingerprint density at radius 2 is 2.08 bits per heavy atom. The van der Waals surface area contributed by atoms with Gasteiger partial charge in [0.15, 0.2) is 5.69 Å². The largest absolute Gasteiger partial charge is 0.508 e. The Hall–Kier alpha value is -2.93. The van der Waals surface area contributed by atoms with E-state index in [1.165, 1.54) is 6.21 Å². The Morgan fingerprint density at radius 1 is 1.24 bits per heavy atom. The fourth-order valence-electron chi connectivity index (χ4n) is 2.22. The van der Waals surface area contributed by atoms with Crippen molar-refractivity contribution in [3.63, 3.8) is 0 Å². The molecule has 3 aromatic rings. The van der Waals surface area contributed by atoms with Crippen LogP contribution in [0.3, 0.4) is 0 Å². The molecule has 6 nitrogen and oxygen atoms in total. The number of phenols is 1. The number of aromatic hydroxyl groups is 1. The molecule has 1 amide bonds. The molecule has 7 heteroatoms. The molecule has 0 bridgehead atoms. The van der Waals surface area contributed by atoms with Gasteiger partial charge >= 0.3 is 0 Å². The number of amides is 1. The quantitative estimate of drug-likeness (QED) is 0.511.